The van der Waals surface area contributed by atoms with Gasteiger partial charge in [0.05, 0.1) is 39.8 Å². The van der Waals surface area contributed by atoms with Crippen LogP contribution >= 0.6 is 0 Å². The maximum absolute atomic E-state index is 12.3. The Morgan fingerprint density at radius 3 is 2.31 bits per heavy atom. The van der Waals surface area contributed by atoms with Crippen LogP contribution in [0.15, 0.2) is 54.6 Å². The van der Waals surface area contributed by atoms with Crippen LogP contribution in [0.25, 0.3) is 0 Å². The molecule has 0 spiro atoms. The SMILES string of the molecule is CCCCCCCCCc1cccc(OC(C)CCOC(=O)CC[N+](C)(C)Cc2ccccc2)c1. The van der Waals surface area contributed by atoms with Gasteiger partial charge in [-0.15, -0.1) is 0 Å². The number of benzene rings is 2. The number of hydrogen-bond acceptors (Lipinski definition) is 3. The lowest BCUT2D eigenvalue weighted by atomic mass is 10.0. The van der Waals surface area contributed by atoms with E-state index in [0.717, 1.165) is 29.7 Å². The highest BCUT2D eigenvalue weighted by Crippen LogP contribution is 2.18. The minimum Gasteiger partial charge on any atom is -0.491 e. The molecule has 0 amide bonds. The van der Waals surface area contributed by atoms with Crippen LogP contribution in [-0.4, -0.2) is 43.8 Å². The normalized spacial score (nSPS) is 12.3. The number of quaternary nitrogens is 1. The molecule has 0 aliphatic carbocycles. The number of nitrogens with zero attached hydrogens (tertiary/aromatic N) is 1. The van der Waals surface area contributed by atoms with Gasteiger partial charge in [-0.25, -0.2) is 0 Å². The molecule has 4 heteroatoms. The lowest BCUT2D eigenvalue weighted by Gasteiger charge is -2.29. The predicted octanol–water partition coefficient (Wildman–Crippen LogP) is 7.35. The number of rotatable bonds is 18. The summed E-state index contributed by atoms with van der Waals surface area (Å²) in [6, 6.07) is 18.8. The number of aryl methyl sites for hydroxylation is 1. The van der Waals surface area contributed by atoms with Gasteiger partial charge in [-0.1, -0.05) is 87.9 Å². The first kappa shape index (κ1) is 28.9. The fourth-order valence-electron chi connectivity index (χ4n) is 4.31. The largest absolute Gasteiger partial charge is 0.491 e. The van der Waals surface area contributed by atoms with Crippen LogP contribution in [0.2, 0.25) is 0 Å². The molecule has 2 aromatic rings. The summed E-state index contributed by atoms with van der Waals surface area (Å²) >= 11 is 0. The van der Waals surface area contributed by atoms with E-state index in [1.807, 2.05) is 19.1 Å². The van der Waals surface area contributed by atoms with Gasteiger partial charge in [0.1, 0.15) is 12.3 Å². The second kappa shape index (κ2) is 16.4. The first-order valence-electron chi connectivity index (χ1n) is 13.6. The summed E-state index contributed by atoms with van der Waals surface area (Å²) in [6.07, 6.45) is 11.5. The van der Waals surface area contributed by atoms with Crippen LogP contribution in [0.3, 0.4) is 0 Å². The highest BCUT2D eigenvalue weighted by Gasteiger charge is 2.18. The maximum Gasteiger partial charge on any atom is 0.311 e. The number of carbonyl (C=O) groups excluding carboxylic acids is 1. The van der Waals surface area contributed by atoms with Crippen LogP contribution in [0.5, 0.6) is 5.75 Å². The van der Waals surface area contributed by atoms with E-state index in [-0.39, 0.29) is 12.1 Å². The molecule has 0 saturated heterocycles. The molecule has 0 N–H and O–H groups in total. The Morgan fingerprint density at radius 1 is 0.886 bits per heavy atom. The Labute approximate surface area is 214 Å². The van der Waals surface area contributed by atoms with E-state index in [4.69, 9.17) is 9.47 Å². The summed E-state index contributed by atoms with van der Waals surface area (Å²) in [4.78, 5) is 12.3. The zero-order chi connectivity index (χ0) is 25.4. The predicted molar refractivity (Wildman–Crippen MR) is 146 cm³/mol. The standard InChI is InChI=1S/C31H48NO3/c1-5-6-7-8-9-10-12-16-28-19-15-20-30(25-28)35-27(2)22-24-34-31(33)21-23-32(3,4)26-29-17-13-11-14-18-29/h11,13-15,17-20,25,27H,5-10,12,16,21-24,26H2,1-4H3/q+1. The van der Waals surface area contributed by atoms with Gasteiger partial charge in [0.15, 0.2) is 0 Å². The van der Waals surface area contributed by atoms with Gasteiger partial charge in [-0.3, -0.25) is 4.79 Å². The third kappa shape index (κ3) is 13.4. The second-order valence-corrected chi connectivity index (χ2v) is 10.5. The Kier molecular flexibility index (Phi) is 13.5. The molecule has 2 rings (SSSR count). The van der Waals surface area contributed by atoms with Crippen LogP contribution in [0.4, 0.5) is 0 Å². The number of hydrogen-bond donors (Lipinski definition) is 0. The fourth-order valence-corrected chi connectivity index (χ4v) is 4.31. The molecule has 0 saturated carbocycles. The van der Waals surface area contributed by atoms with E-state index in [0.29, 0.717) is 19.4 Å². The topological polar surface area (TPSA) is 35.5 Å². The molecule has 194 valence electrons. The van der Waals surface area contributed by atoms with Crippen LogP contribution in [0, 0.1) is 0 Å². The van der Waals surface area contributed by atoms with Crippen molar-refractivity contribution in [1.82, 2.24) is 0 Å². The third-order valence-electron chi connectivity index (χ3n) is 6.47. The van der Waals surface area contributed by atoms with Gasteiger partial charge in [-0.2, -0.15) is 0 Å². The minimum absolute atomic E-state index is 0.00178. The molecule has 0 bridgehead atoms. The monoisotopic (exact) mass is 482 g/mol. The molecule has 35 heavy (non-hydrogen) atoms. The van der Waals surface area contributed by atoms with Crippen molar-refractivity contribution >= 4 is 5.97 Å². The third-order valence-corrected chi connectivity index (χ3v) is 6.47. The number of ether oxygens (including phenoxy) is 2. The van der Waals surface area contributed by atoms with Crippen molar-refractivity contribution in [3.63, 3.8) is 0 Å². The molecule has 0 aliphatic rings. The van der Waals surface area contributed by atoms with E-state index >= 15 is 0 Å². The molecule has 1 atom stereocenters. The Bertz CT molecular complexity index is 834. The average Bonchev–Trinajstić information content (AvgIpc) is 2.83. The molecule has 0 aliphatic heterocycles. The van der Waals surface area contributed by atoms with Gasteiger partial charge in [0.2, 0.25) is 0 Å². The Morgan fingerprint density at radius 2 is 1.57 bits per heavy atom. The molecular weight excluding hydrogens is 434 g/mol. The van der Waals surface area contributed by atoms with E-state index < -0.39 is 0 Å². The van der Waals surface area contributed by atoms with Crippen LogP contribution < -0.4 is 4.74 Å². The van der Waals surface area contributed by atoms with Crippen molar-refractivity contribution in [3.05, 3.63) is 65.7 Å². The van der Waals surface area contributed by atoms with Gasteiger partial charge >= 0.3 is 5.97 Å². The van der Waals surface area contributed by atoms with Gasteiger partial charge in [0, 0.05) is 12.0 Å². The zero-order valence-electron chi connectivity index (χ0n) is 22.6. The number of esters is 1. The lowest BCUT2D eigenvalue weighted by Crippen LogP contribution is -2.40. The smallest absolute Gasteiger partial charge is 0.311 e. The Balaban J connectivity index is 1.61. The van der Waals surface area contributed by atoms with Crippen molar-refractivity contribution in [1.29, 1.82) is 0 Å². The van der Waals surface area contributed by atoms with Crippen molar-refractivity contribution < 1.29 is 18.8 Å². The summed E-state index contributed by atoms with van der Waals surface area (Å²) < 4.78 is 12.3. The summed E-state index contributed by atoms with van der Waals surface area (Å²) in [5.41, 5.74) is 2.62. The molecular formula is C31H48NO3+. The van der Waals surface area contributed by atoms with Gasteiger partial charge in [-0.05, 0) is 37.5 Å². The lowest BCUT2D eigenvalue weighted by molar-refractivity contribution is -0.903. The van der Waals surface area contributed by atoms with Crippen molar-refractivity contribution in [2.24, 2.45) is 0 Å². The molecule has 2 aromatic carbocycles. The maximum atomic E-state index is 12.3. The van der Waals surface area contributed by atoms with Crippen molar-refractivity contribution in [2.75, 3.05) is 27.2 Å². The average molecular weight is 483 g/mol. The summed E-state index contributed by atoms with van der Waals surface area (Å²) in [6.45, 7) is 6.35. The van der Waals surface area contributed by atoms with Gasteiger partial charge < -0.3 is 14.0 Å². The summed E-state index contributed by atoms with van der Waals surface area (Å²) in [5.74, 6) is 0.775. The highest BCUT2D eigenvalue weighted by molar-refractivity contribution is 5.69. The highest BCUT2D eigenvalue weighted by atomic mass is 16.5. The number of carbonyl (C=O) groups is 1. The molecule has 4 nitrogen and oxygen atoms in total. The zero-order valence-corrected chi connectivity index (χ0v) is 22.6. The minimum atomic E-state index is -0.131. The molecule has 0 aromatic heterocycles. The summed E-state index contributed by atoms with van der Waals surface area (Å²) in [7, 11) is 4.30. The van der Waals surface area contributed by atoms with Crippen molar-refractivity contribution in [3.8, 4) is 5.75 Å². The van der Waals surface area contributed by atoms with Crippen LogP contribution in [-0.2, 0) is 22.5 Å². The Hall–Kier alpha value is -2.33. The fraction of sp³-hybridized carbons (Fsp3) is 0.581. The molecule has 0 fully saturated rings. The first-order chi connectivity index (χ1) is 16.9. The quantitative estimate of drug-likeness (QED) is 0.127. The van der Waals surface area contributed by atoms with E-state index in [1.165, 1.54) is 56.1 Å². The van der Waals surface area contributed by atoms with Gasteiger partial charge in [0.25, 0.3) is 0 Å². The summed E-state index contributed by atoms with van der Waals surface area (Å²) in [5, 5.41) is 0. The molecule has 0 radical (unpaired) electrons. The van der Waals surface area contributed by atoms with E-state index in [9.17, 15) is 4.79 Å². The van der Waals surface area contributed by atoms with E-state index in [1.54, 1.807) is 0 Å². The second-order valence-electron chi connectivity index (χ2n) is 10.5. The van der Waals surface area contributed by atoms with Crippen molar-refractivity contribution in [2.45, 2.75) is 90.7 Å². The number of unbranched alkanes of at least 4 members (excludes halogenated alkanes) is 6. The molecule has 0 heterocycles. The first-order valence-corrected chi connectivity index (χ1v) is 13.6. The molecule has 1 unspecified atom stereocenters. The van der Waals surface area contributed by atoms with E-state index in [2.05, 4.69) is 63.5 Å². The van der Waals surface area contributed by atoms with Crippen LogP contribution in [0.1, 0.15) is 82.8 Å².